The minimum absolute atomic E-state index is 0.311. The van der Waals surface area contributed by atoms with Gasteiger partial charge in [0.25, 0.3) is 0 Å². The van der Waals surface area contributed by atoms with Gasteiger partial charge in [-0.2, -0.15) is 0 Å². The van der Waals surface area contributed by atoms with Gasteiger partial charge < -0.3 is 24.8 Å². The highest BCUT2D eigenvalue weighted by Crippen LogP contribution is 2.40. The lowest BCUT2D eigenvalue weighted by Gasteiger charge is -2.30. The normalized spacial score (nSPS) is 15.9. The highest BCUT2D eigenvalue weighted by atomic mass is 16.5. The van der Waals surface area contributed by atoms with Gasteiger partial charge in [-0.3, -0.25) is 0 Å². The summed E-state index contributed by atoms with van der Waals surface area (Å²) in [6.07, 6.45) is 0.470. The average molecular weight is 410 g/mol. The zero-order valence-electron chi connectivity index (χ0n) is 17.6. The monoisotopic (exact) mass is 410 g/mol. The summed E-state index contributed by atoms with van der Waals surface area (Å²) < 4.78 is 16.6. The molecule has 2 aromatic rings. The molecular weight excluding hydrogens is 384 g/mol. The molecule has 158 valence electrons. The van der Waals surface area contributed by atoms with Gasteiger partial charge in [-0.25, -0.2) is 9.59 Å². The lowest BCUT2D eigenvalue weighted by Crippen LogP contribution is -2.45. The second-order valence-electron chi connectivity index (χ2n) is 6.93. The van der Waals surface area contributed by atoms with Crippen molar-refractivity contribution in [3.63, 3.8) is 0 Å². The second kappa shape index (κ2) is 9.35. The van der Waals surface area contributed by atoms with Crippen LogP contribution in [0.15, 0.2) is 53.7 Å². The van der Waals surface area contributed by atoms with E-state index in [-0.39, 0.29) is 0 Å². The number of para-hydroxylation sites is 1. The fraction of sp³-hybridized carbons (Fsp3) is 0.304. The van der Waals surface area contributed by atoms with Crippen molar-refractivity contribution in [1.29, 1.82) is 0 Å². The van der Waals surface area contributed by atoms with Crippen molar-refractivity contribution < 1.29 is 23.8 Å². The summed E-state index contributed by atoms with van der Waals surface area (Å²) in [4.78, 5) is 24.8. The summed E-state index contributed by atoms with van der Waals surface area (Å²) >= 11 is 0. The third-order valence-electron chi connectivity index (χ3n) is 4.92. The molecule has 1 aliphatic heterocycles. The van der Waals surface area contributed by atoms with E-state index >= 15 is 0 Å². The lowest BCUT2D eigenvalue weighted by molar-refractivity contribution is -0.136. The van der Waals surface area contributed by atoms with Crippen LogP contribution in [-0.2, 0) is 16.1 Å². The van der Waals surface area contributed by atoms with Crippen LogP contribution in [0.25, 0.3) is 0 Å². The number of benzene rings is 2. The number of methoxy groups -OCH3 is 2. The van der Waals surface area contributed by atoms with E-state index in [0.717, 1.165) is 11.1 Å². The molecule has 2 aromatic carbocycles. The van der Waals surface area contributed by atoms with E-state index in [2.05, 4.69) is 10.6 Å². The molecule has 1 aliphatic rings. The van der Waals surface area contributed by atoms with E-state index in [1.165, 1.54) is 7.11 Å². The smallest absolute Gasteiger partial charge is 0.337 e. The first-order valence-corrected chi connectivity index (χ1v) is 9.72. The standard InChI is InChI=1S/C23H26N2O5/c1-5-17-19(22(26)29-4)20(25-23(27)24-17)16-10-7-11-18(28-3)21(16)30-13-15-9-6-8-14(2)12-15/h6-12,20H,5,13H2,1-4H3,(H2,24,25,27). The minimum atomic E-state index is -0.733. The predicted molar refractivity (Wildman–Crippen MR) is 112 cm³/mol. The third-order valence-corrected chi connectivity index (χ3v) is 4.92. The molecule has 0 aliphatic carbocycles. The summed E-state index contributed by atoms with van der Waals surface area (Å²) in [5, 5.41) is 5.52. The molecule has 0 fully saturated rings. The molecular formula is C23H26N2O5. The maximum absolute atomic E-state index is 12.6. The van der Waals surface area contributed by atoms with Gasteiger partial charge in [-0.15, -0.1) is 0 Å². The van der Waals surface area contributed by atoms with Crippen molar-refractivity contribution in [1.82, 2.24) is 10.6 Å². The van der Waals surface area contributed by atoms with Crippen LogP contribution in [0.3, 0.4) is 0 Å². The Balaban J connectivity index is 2.05. The quantitative estimate of drug-likeness (QED) is 0.679. The van der Waals surface area contributed by atoms with Gasteiger partial charge in [0.05, 0.1) is 25.8 Å². The van der Waals surface area contributed by atoms with Crippen LogP contribution < -0.4 is 20.1 Å². The number of esters is 1. The first kappa shape index (κ1) is 21.2. The van der Waals surface area contributed by atoms with Crippen LogP contribution in [0, 0.1) is 6.92 Å². The molecule has 0 saturated carbocycles. The molecule has 0 radical (unpaired) electrons. The number of carbonyl (C=O) groups excluding carboxylic acids is 2. The predicted octanol–water partition coefficient (Wildman–Crippen LogP) is 3.77. The Hall–Kier alpha value is -3.48. The van der Waals surface area contributed by atoms with Crippen molar-refractivity contribution in [2.24, 2.45) is 0 Å². The molecule has 0 spiro atoms. The van der Waals surface area contributed by atoms with Gasteiger partial charge in [0, 0.05) is 11.3 Å². The number of hydrogen-bond donors (Lipinski definition) is 2. The zero-order chi connectivity index (χ0) is 21.7. The van der Waals surface area contributed by atoms with E-state index in [1.54, 1.807) is 25.3 Å². The molecule has 1 atom stereocenters. The molecule has 0 aromatic heterocycles. The molecule has 1 unspecified atom stereocenters. The number of ether oxygens (including phenoxy) is 3. The summed E-state index contributed by atoms with van der Waals surface area (Å²) in [6, 6.07) is 12.3. The van der Waals surface area contributed by atoms with E-state index in [9.17, 15) is 9.59 Å². The number of carbonyl (C=O) groups is 2. The van der Waals surface area contributed by atoms with Gasteiger partial charge in [0.1, 0.15) is 6.61 Å². The van der Waals surface area contributed by atoms with Crippen LogP contribution in [0.2, 0.25) is 0 Å². The average Bonchev–Trinajstić information content (AvgIpc) is 2.76. The second-order valence-corrected chi connectivity index (χ2v) is 6.93. The van der Waals surface area contributed by atoms with Gasteiger partial charge in [-0.05, 0) is 25.0 Å². The van der Waals surface area contributed by atoms with Crippen molar-refractivity contribution in [3.8, 4) is 11.5 Å². The van der Waals surface area contributed by atoms with E-state index in [0.29, 0.717) is 41.4 Å². The highest BCUT2D eigenvalue weighted by Gasteiger charge is 2.35. The van der Waals surface area contributed by atoms with Crippen molar-refractivity contribution in [2.75, 3.05) is 14.2 Å². The summed E-state index contributed by atoms with van der Waals surface area (Å²) in [6.45, 7) is 4.19. The Morgan fingerprint density at radius 1 is 1.13 bits per heavy atom. The number of rotatable bonds is 7. The molecule has 1 heterocycles. The molecule has 7 nitrogen and oxygen atoms in total. The third kappa shape index (κ3) is 4.40. The number of allylic oxidation sites excluding steroid dienone is 1. The Labute approximate surface area is 176 Å². The fourth-order valence-electron chi connectivity index (χ4n) is 3.51. The molecule has 0 saturated heterocycles. The topological polar surface area (TPSA) is 85.9 Å². The zero-order valence-corrected chi connectivity index (χ0v) is 17.6. The summed E-state index contributed by atoms with van der Waals surface area (Å²) in [7, 11) is 2.87. The maximum atomic E-state index is 12.6. The Kier molecular flexibility index (Phi) is 6.61. The van der Waals surface area contributed by atoms with Crippen LogP contribution in [0.5, 0.6) is 11.5 Å². The summed E-state index contributed by atoms with van der Waals surface area (Å²) in [5.74, 6) is 0.456. The number of aryl methyl sites for hydroxylation is 1. The van der Waals surface area contributed by atoms with E-state index in [4.69, 9.17) is 14.2 Å². The van der Waals surface area contributed by atoms with Crippen molar-refractivity contribution in [2.45, 2.75) is 32.9 Å². The van der Waals surface area contributed by atoms with Crippen LogP contribution in [-0.4, -0.2) is 26.2 Å². The molecule has 3 rings (SSSR count). The minimum Gasteiger partial charge on any atom is -0.493 e. The largest absolute Gasteiger partial charge is 0.493 e. The van der Waals surface area contributed by atoms with Gasteiger partial charge in [-0.1, -0.05) is 48.9 Å². The Morgan fingerprint density at radius 3 is 2.57 bits per heavy atom. The first-order valence-electron chi connectivity index (χ1n) is 9.72. The van der Waals surface area contributed by atoms with Gasteiger partial charge in [0.2, 0.25) is 0 Å². The SMILES string of the molecule is CCC1=C(C(=O)OC)C(c2cccc(OC)c2OCc2cccc(C)c2)NC(=O)N1. The van der Waals surface area contributed by atoms with Crippen LogP contribution >= 0.6 is 0 Å². The fourth-order valence-corrected chi connectivity index (χ4v) is 3.51. The van der Waals surface area contributed by atoms with Crippen molar-refractivity contribution in [3.05, 3.63) is 70.4 Å². The highest BCUT2D eigenvalue weighted by molar-refractivity contribution is 5.95. The molecule has 2 N–H and O–H groups in total. The first-order chi connectivity index (χ1) is 14.5. The molecule has 0 bridgehead atoms. The molecule has 2 amide bonds. The Bertz CT molecular complexity index is 983. The number of nitrogens with one attached hydrogen (secondary N) is 2. The van der Waals surface area contributed by atoms with Gasteiger partial charge >= 0.3 is 12.0 Å². The number of amides is 2. The van der Waals surface area contributed by atoms with Gasteiger partial charge in [0.15, 0.2) is 11.5 Å². The molecule has 30 heavy (non-hydrogen) atoms. The van der Waals surface area contributed by atoms with E-state index in [1.807, 2.05) is 38.1 Å². The number of hydrogen-bond acceptors (Lipinski definition) is 5. The van der Waals surface area contributed by atoms with E-state index < -0.39 is 18.0 Å². The molecule has 7 heteroatoms. The maximum Gasteiger partial charge on any atom is 0.337 e. The number of urea groups is 1. The van der Waals surface area contributed by atoms with Crippen LogP contribution in [0.1, 0.15) is 36.1 Å². The summed E-state index contributed by atoms with van der Waals surface area (Å²) in [5.41, 5.74) is 3.60. The van der Waals surface area contributed by atoms with Crippen LogP contribution in [0.4, 0.5) is 4.79 Å². The Morgan fingerprint density at radius 2 is 1.90 bits per heavy atom. The van der Waals surface area contributed by atoms with Crippen molar-refractivity contribution >= 4 is 12.0 Å². The lowest BCUT2D eigenvalue weighted by atomic mass is 9.93.